The zero-order valence-corrected chi connectivity index (χ0v) is 18.3. The minimum atomic E-state index is -3.77. The van der Waals surface area contributed by atoms with Crippen molar-refractivity contribution in [3.63, 3.8) is 0 Å². The lowest BCUT2D eigenvalue weighted by atomic mass is 9.95. The van der Waals surface area contributed by atoms with E-state index >= 15 is 4.39 Å². The molecule has 1 N–H and O–H groups in total. The van der Waals surface area contributed by atoms with Gasteiger partial charge in [-0.3, -0.25) is 4.79 Å². The van der Waals surface area contributed by atoms with Crippen LogP contribution in [0.15, 0.2) is 42.5 Å². The van der Waals surface area contributed by atoms with Crippen LogP contribution < -0.4 is 4.72 Å². The van der Waals surface area contributed by atoms with Crippen LogP contribution in [0.4, 0.5) is 13.2 Å². The van der Waals surface area contributed by atoms with Crippen LogP contribution in [-0.2, 0) is 21.2 Å². The summed E-state index contributed by atoms with van der Waals surface area (Å²) in [7, 11) is -3.77. The molecule has 168 valence electrons. The van der Waals surface area contributed by atoms with Gasteiger partial charge in [-0.1, -0.05) is 50.2 Å². The van der Waals surface area contributed by atoms with Crippen LogP contribution in [0.3, 0.4) is 0 Å². The SMILES string of the molecule is CC(C)C(=O)N1C[C@H](F)[C@H](NS(C)(=O)=O)[C@@H]1Cc1cccc(-c2ccccc2F)c1F. The van der Waals surface area contributed by atoms with Gasteiger partial charge >= 0.3 is 0 Å². The van der Waals surface area contributed by atoms with Crippen molar-refractivity contribution in [2.24, 2.45) is 5.92 Å². The predicted molar refractivity (Wildman–Crippen MR) is 113 cm³/mol. The highest BCUT2D eigenvalue weighted by Crippen LogP contribution is 2.31. The van der Waals surface area contributed by atoms with Crippen molar-refractivity contribution < 1.29 is 26.4 Å². The van der Waals surface area contributed by atoms with Gasteiger partial charge in [0.05, 0.1) is 24.9 Å². The maximum absolute atomic E-state index is 15.3. The van der Waals surface area contributed by atoms with E-state index in [9.17, 15) is 22.0 Å². The molecule has 0 aliphatic carbocycles. The van der Waals surface area contributed by atoms with Crippen LogP contribution in [-0.4, -0.2) is 50.3 Å². The zero-order chi connectivity index (χ0) is 22.9. The third-order valence-corrected chi connectivity index (χ3v) is 6.07. The minimum absolute atomic E-state index is 0.0414. The highest BCUT2D eigenvalue weighted by molar-refractivity contribution is 7.88. The van der Waals surface area contributed by atoms with Crippen molar-refractivity contribution in [3.8, 4) is 11.1 Å². The number of hydrogen-bond donors (Lipinski definition) is 1. The average Bonchev–Trinajstić information content (AvgIpc) is 2.97. The van der Waals surface area contributed by atoms with Crippen LogP contribution in [0.5, 0.6) is 0 Å². The Kier molecular flexibility index (Phi) is 6.76. The fourth-order valence-corrected chi connectivity index (χ4v) is 4.74. The van der Waals surface area contributed by atoms with Gasteiger partial charge in [-0.15, -0.1) is 0 Å². The molecule has 1 saturated heterocycles. The largest absolute Gasteiger partial charge is 0.334 e. The van der Waals surface area contributed by atoms with Crippen molar-refractivity contribution in [1.82, 2.24) is 9.62 Å². The molecule has 9 heteroatoms. The molecule has 2 aromatic carbocycles. The fourth-order valence-electron chi connectivity index (χ4n) is 3.94. The van der Waals surface area contributed by atoms with Crippen LogP contribution in [0.2, 0.25) is 0 Å². The number of benzene rings is 2. The summed E-state index contributed by atoms with van der Waals surface area (Å²) in [6, 6.07) is 8.08. The summed E-state index contributed by atoms with van der Waals surface area (Å²) in [5.74, 6) is -2.07. The number of nitrogens with zero attached hydrogens (tertiary/aromatic N) is 1. The summed E-state index contributed by atoms with van der Waals surface area (Å²) in [5.41, 5.74) is 0.263. The van der Waals surface area contributed by atoms with Gasteiger partial charge in [-0.05, 0) is 18.1 Å². The third kappa shape index (κ3) is 5.10. The van der Waals surface area contributed by atoms with E-state index < -0.39 is 45.8 Å². The van der Waals surface area contributed by atoms with Gasteiger partial charge in [0.25, 0.3) is 0 Å². The summed E-state index contributed by atoms with van der Waals surface area (Å²) in [5, 5.41) is 0. The summed E-state index contributed by atoms with van der Waals surface area (Å²) in [4.78, 5) is 13.9. The van der Waals surface area contributed by atoms with Gasteiger partial charge in [-0.25, -0.2) is 26.3 Å². The Hall–Kier alpha value is -2.39. The summed E-state index contributed by atoms with van der Waals surface area (Å²) in [6.45, 7) is 3.02. The molecule has 1 aliphatic heterocycles. The molecule has 1 aliphatic rings. The van der Waals surface area contributed by atoms with E-state index in [-0.39, 0.29) is 35.6 Å². The maximum Gasteiger partial charge on any atom is 0.225 e. The summed E-state index contributed by atoms with van der Waals surface area (Å²) >= 11 is 0. The third-order valence-electron chi connectivity index (χ3n) is 5.37. The normalized spacial score (nSPS) is 21.6. The van der Waals surface area contributed by atoms with E-state index in [0.29, 0.717) is 0 Å². The number of rotatable bonds is 6. The number of carbonyl (C=O) groups is 1. The van der Waals surface area contributed by atoms with Crippen molar-refractivity contribution in [1.29, 1.82) is 0 Å². The van der Waals surface area contributed by atoms with Gasteiger partial charge in [0.15, 0.2) is 0 Å². The number of sulfonamides is 1. The first-order valence-corrected chi connectivity index (χ1v) is 11.8. The van der Waals surface area contributed by atoms with Gasteiger partial charge in [0, 0.05) is 17.0 Å². The Balaban J connectivity index is 2.01. The molecule has 0 bridgehead atoms. The standard InChI is InChI=1S/C22H25F3N2O3S/c1-13(2)22(28)27-12-18(24)21(26-31(3,29)30)19(27)11-14-7-6-9-16(20(14)25)15-8-4-5-10-17(15)23/h4-10,13,18-19,21,26H,11-12H2,1-3H3/t18-,19-,21-/m0/s1. The Bertz CT molecular complexity index is 1080. The first-order valence-electron chi connectivity index (χ1n) is 9.93. The number of nitrogens with one attached hydrogen (secondary N) is 1. The molecule has 3 rings (SSSR count). The molecule has 1 heterocycles. The molecule has 0 saturated carbocycles. The van der Waals surface area contributed by atoms with Crippen molar-refractivity contribution >= 4 is 15.9 Å². The predicted octanol–water partition coefficient (Wildman–Crippen LogP) is 3.30. The lowest BCUT2D eigenvalue weighted by molar-refractivity contribution is -0.135. The number of amides is 1. The second kappa shape index (κ2) is 9.00. The van der Waals surface area contributed by atoms with Crippen LogP contribution in [0, 0.1) is 17.6 Å². The average molecular weight is 455 g/mol. The topological polar surface area (TPSA) is 66.5 Å². The molecule has 0 unspecified atom stereocenters. The number of carbonyl (C=O) groups excluding carboxylic acids is 1. The molecule has 0 radical (unpaired) electrons. The monoisotopic (exact) mass is 454 g/mol. The Morgan fingerprint density at radius 3 is 2.39 bits per heavy atom. The second-order valence-electron chi connectivity index (χ2n) is 8.11. The summed E-state index contributed by atoms with van der Waals surface area (Å²) < 4.78 is 70.2. The van der Waals surface area contributed by atoms with E-state index in [2.05, 4.69) is 4.72 Å². The van der Waals surface area contributed by atoms with Crippen molar-refractivity contribution in [2.45, 2.75) is 38.5 Å². The molecule has 1 amide bonds. The van der Waals surface area contributed by atoms with Crippen molar-refractivity contribution in [3.05, 3.63) is 59.7 Å². The van der Waals surface area contributed by atoms with Gasteiger partial charge in [-0.2, -0.15) is 0 Å². The van der Waals surface area contributed by atoms with Crippen LogP contribution in [0.1, 0.15) is 19.4 Å². The molecular weight excluding hydrogens is 429 g/mol. The van der Waals surface area contributed by atoms with E-state index in [0.717, 1.165) is 6.26 Å². The first kappa shape index (κ1) is 23.3. The molecule has 31 heavy (non-hydrogen) atoms. The molecular formula is C22H25F3N2O3S. The molecule has 5 nitrogen and oxygen atoms in total. The van der Waals surface area contributed by atoms with E-state index in [4.69, 9.17) is 0 Å². The Morgan fingerprint density at radius 1 is 1.13 bits per heavy atom. The molecule has 0 spiro atoms. The number of halogens is 3. The zero-order valence-electron chi connectivity index (χ0n) is 17.5. The van der Waals surface area contributed by atoms with E-state index in [1.807, 2.05) is 0 Å². The van der Waals surface area contributed by atoms with Gasteiger partial charge in [0.1, 0.15) is 17.8 Å². The Morgan fingerprint density at radius 2 is 1.77 bits per heavy atom. The highest BCUT2D eigenvalue weighted by Gasteiger charge is 2.46. The summed E-state index contributed by atoms with van der Waals surface area (Å²) in [6.07, 6.45) is -0.858. The molecule has 2 aromatic rings. The molecule has 3 atom stereocenters. The van der Waals surface area contributed by atoms with Gasteiger partial charge in [0.2, 0.25) is 15.9 Å². The number of alkyl halides is 1. The smallest absolute Gasteiger partial charge is 0.225 e. The minimum Gasteiger partial charge on any atom is -0.334 e. The van der Waals surface area contributed by atoms with Crippen LogP contribution in [0.25, 0.3) is 11.1 Å². The first-order chi connectivity index (χ1) is 14.5. The van der Waals surface area contributed by atoms with Gasteiger partial charge < -0.3 is 4.90 Å². The number of likely N-dealkylation sites (tertiary alicyclic amines) is 1. The quantitative estimate of drug-likeness (QED) is 0.729. The number of hydrogen-bond acceptors (Lipinski definition) is 3. The lowest BCUT2D eigenvalue weighted by Crippen LogP contribution is -2.50. The van der Waals surface area contributed by atoms with Crippen molar-refractivity contribution in [2.75, 3.05) is 12.8 Å². The lowest BCUT2D eigenvalue weighted by Gasteiger charge is -2.29. The molecule has 1 fully saturated rings. The van der Waals surface area contributed by atoms with E-state index in [1.165, 1.54) is 35.2 Å². The van der Waals surface area contributed by atoms with E-state index in [1.54, 1.807) is 26.0 Å². The molecule has 0 aromatic heterocycles. The second-order valence-corrected chi connectivity index (χ2v) is 9.89. The Labute approximate surface area is 180 Å². The maximum atomic E-state index is 15.3. The fraction of sp³-hybridized carbons (Fsp3) is 0.409. The van der Waals surface area contributed by atoms with Crippen LogP contribution >= 0.6 is 0 Å². The highest BCUT2D eigenvalue weighted by atomic mass is 32.2.